The van der Waals surface area contributed by atoms with E-state index in [0.717, 1.165) is 11.8 Å². The zero-order chi connectivity index (χ0) is 22.7. The highest BCUT2D eigenvalue weighted by Crippen LogP contribution is 2.23. The molecule has 1 aromatic carbocycles. The lowest BCUT2D eigenvalue weighted by atomic mass is 10.0. The van der Waals surface area contributed by atoms with Gasteiger partial charge >= 0.3 is 0 Å². The van der Waals surface area contributed by atoms with Gasteiger partial charge in [-0.15, -0.1) is 0 Å². The molecule has 32 heavy (non-hydrogen) atoms. The number of benzene rings is 1. The van der Waals surface area contributed by atoms with E-state index in [1.165, 1.54) is 4.68 Å². The van der Waals surface area contributed by atoms with Gasteiger partial charge in [0.15, 0.2) is 5.78 Å². The molecule has 8 heteroatoms. The van der Waals surface area contributed by atoms with E-state index < -0.39 is 5.82 Å². The number of ketones is 1. The lowest BCUT2D eigenvalue weighted by Crippen LogP contribution is -2.13. The molecule has 0 saturated heterocycles. The molecule has 4 aromatic rings. The van der Waals surface area contributed by atoms with Gasteiger partial charge in [-0.05, 0) is 30.2 Å². The third-order valence-electron chi connectivity index (χ3n) is 5.08. The maximum atomic E-state index is 14.5. The van der Waals surface area contributed by atoms with Gasteiger partial charge in [0.05, 0.1) is 18.1 Å². The van der Waals surface area contributed by atoms with Gasteiger partial charge in [0, 0.05) is 43.1 Å². The number of halogens is 1. The number of rotatable bonds is 7. The molecular formula is C24H21FN6O. The van der Waals surface area contributed by atoms with Gasteiger partial charge in [0.2, 0.25) is 0 Å². The topological polar surface area (TPSA) is 97.4 Å². The summed E-state index contributed by atoms with van der Waals surface area (Å²) in [5.74, 6) is -0.268. The average molecular weight is 428 g/mol. The van der Waals surface area contributed by atoms with Crippen LogP contribution in [0.2, 0.25) is 0 Å². The molecule has 0 atom stereocenters. The van der Waals surface area contributed by atoms with Crippen LogP contribution in [0.4, 0.5) is 4.39 Å². The van der Waals surface area contributed by atoms with Crippen molar-refractivity contribution in [3.8, 4) is 11.3 Å². The second-order valence-electron chi connectivity index (χ2n) is 7.41. The summed E-state index contributed by atoms with van der Waals surface area (Å²) in [6, 6.07) is 12.5. The predicted molar refractivity (Wildman–Crippen MR) is 118 cm³/mol. The van der Waals surface area contributed by atoms with Crippen LogP contribution in [0, 0.1) is 18.2 Å². The van der Waals surface area contributed by atoms with Gasteiger partial charge in [0.25, 0.3) is 0 Å². The standard InChI is InChI=1S/C24H21FN6O/c1-15-27-9-8-22(30-15)19-13-29-31(2)24(19)23(32)11-17-10-18(28-14-20(17)25)12-21(26)16-6-4-3-5-7-16/h3-10,13-14,26H,11-12H2,1-2H3. The van der Waals surface area contributed by atoms with Crippen molar-refractivity contribution in [1.29, 1.82) is 5.41 Å². The Morgan fingerprint density at radius 1 is 1.09 bits per heavy atom. The summed E-state index contributed by atoms with van der Waals surface area (Å²) < 4.78 is 16.0. The molecule has 1 N–H and O–H groups in total. The van der Waals surface area contributed by atoms with Gasteiger partial charge in [-0.3, -0.25) is 14.5 Å². The number of aryl methyl sites for hydroxylation is 2. The van der Waals surface area contributed by atoms with Crippen LogP contribution in [0.15, 0.2) is 61.1 Å². The monoisotopic (exact) mass is 428 g/mol. The van der Waals surface area contributed by atoms with E-state index >= 15 is 0 Å². The van der Waals surface area contributed by atoms with E-state index in [2.05, 4.69) is 20.1 Å². The molecule has 7 nitrogen and oxygen atoms in total. The second kappa shape index (κ2) is 8.97. The lowest BCUT2D eigenvalue weighted by molar-refractivity contribution is 0.0983. The maximum Gasteiger partial charge on any atom is 0.186 e. The molecular weight excluding hydrogens is 407 g/mol. The normalized spacial score (nSPS) is 10.8. The predicted octanol–water partition coefficient (Wildman–Crippen LogP) is 3.76. The molecule has 0 unspecified atom stereocenters. The van der Waals surface area contributed by atoms with Crippen LogP contribution in [0.3, 0.4) is 0 Å². The summed E-state index contributed by atoms with van der Waals surface area (Å²) in [6.45, 7) is 1.77. The van der Waals surface area contributed by atoms with Crippen LogP contribution in [0.1, 0.15) is 33.1 Å². The van der Waals surface area contributed by atoms with Gasteiger partial charge in [0.1, 0.15) is 17.3 Å². The average Bonchev–Trinajstić information content (AvgIpc) is 3.18. The lowest BCUT2D eigenvalue weighted by Gasteiger charge is -2.09. The van der Waals surface area contributed by atoms with Gasteiger partial charge in [-0.2, -0.15) is 5.10 Å². The molecule has 0 aliphatic rings. The second-order valence-corrected chi connectivity index (χ2v) is 7.41. The van der Waals surface area contributed by atoms with Crippen molar-refractivity contribution in [3.05, 3.63) is 95.2 Å². The molecule has 0 bridgehead atoms. The zero-order valence-corrected chi connectivity index (χ0v) is 17.7. The van der Waals surface area contributed by atoms with Crippen molar-refractivity contribution in [2.45, 2.75) is 19.8 Å². The first-order valence-corrected chi connectivity index (χ1v) is 10.0. The fourth-order valence-corrected chi connectivity index (χ4v) is 3.50. The Morgan fingerprint density at radius 2 is 1.88 bits per heavy atom. The highest BCUT2D eigenvalue weighted by molar-refractivity contribution is 6.01. The number of carbonyl (C=O) groups excluding carboxylic acids is 1. The van der Waals surface area contributed by atoms with E-state index in [9.17, 15) is 9.18 Å². The molecule has 4 rings (SSSR count). The number of pyridine rings is 1. The molecule has 0 aliphatic carbocycles. The van der Waals surface area contributed by atoms with Crippen molar-refractivity contribution in [2.75, 3.05) is 0 Å². The van der Waals surface area contributed by atoms with Crippen molar-refractivity contribution in [2.24, 2.45) is 7.05 Å². The largest absolute Gasteiger partial charge is 0.304 e. The van der Waals surface area contributed by atoms with Gasteiger partial charge < -0.3 is 5.41 Å². The number of hydrogen-bond donors (Lipinski definition) is 1. The number of aromatic nitrogens is 5. The minimum absolute atomic E-state index is 0.156. The van der Waals surface area contributed by atoms with E-state index in [0.29, 0.717) is 34.2 Å². The minimum atomic E-state index is -0.560. The Bertz CT molecular complexity index is 1300. The Balaban J connectivity index is 1.59. The summed E-state index contributed by atoms with van der Waals surface area (Å²) in [5, 5.41) is 12.5. The fourth-order valence-electron chi connectivity index (χ4n) is 3.50. The zero-order valence-electron chi connectivity index (χ0n) is 17.7. The number of carbonyl (C=O) groups is 1. The number of Topliss-reactive ketones (excluding diaryl/α,β-unsaturated/α-hetero) is 1. The van der Waals surface area contributed by atoms with Crippen LogP contribution >= 0.6 is 0 Å². The van der Waals surface area contributed by atoms with Crippen LogP contribution in [0.5, 0.6) is 0 Å². The minimum Gasteiger partial charge on any atom is -0.304 e. The van der Waals surface area contributed by atoms with Gasteiger partial charge in [-0.25, -0.2) is 14.4 Å². The molecule has 0 amide bonds. The first kappa shape index (κ1) is 21.2. The number of nitrogens with one attached hydrogen (secondary N) is 1. The molecule has 0 saturated carbocycles. The highest BCUT2D eigenvalue weighted by atomic mass is 19.1. The third-order valence-corrected chi connectivity index (χ3v) is 5.08. The van der Waals surface area contributed by atoms with Crippen molar-refractivity contribution >= 4 is 11.5 Å². The van der Waals surface area contributed by atoms with Crippen LogP contribution < -0.4 is 0 Å². The van der Waals surface area contributed by atoms with Crippen LogP contribution in [-0.2, 0) is 19.9 Å². The fraction of sp³-hybridized carbons (Fsp3) is 0.167. The van der Waals surface area contributed by atoms with Crippen molar-refractivity contribution in [3.63, 3.8) is 0 Å². The summed E-state index contributed by atoms with van der Waals surface area (Å²) in [6.07, 6.45) is 4.38. The van der Waals surface area contributed by atoms with Crippen LogP contribution in [0.25, 0.3) is 11.3 Å². The molecule has 0 spiro atoms. The maximum absolute atomic E-state index is 14.5. The third kappa shape index (κ3) is 4.49. The first-order chi connectivity index (χ1) is 15.4. The highest BCUT2D eigenvalue weighted by Gasteiger charge is 2.21. The van der Waals surface area contributed by atoms with E-state index in [1.807, 2.05) is 30.3 Å². The van der Waals surface area contributed by atoms with E-state index in [-0.39, 0.29) is 24.2 Å². The summed E-state index contributed by atoms with van der Waals surface area (Å²) >= 11 is 0. The Hall–Kier alpha value is -4.07. The Labute approximate surface area is 184 Å². The van der Waals surface area contributed by atoms with E-state index in [4.69, 9.17) is 5.41 Å². The quantitative estimate of drug-likeness (QED) is 0.357. The molecule has 3 heterocycles. The summed E-state index contributed by atoms with van der Waals surface area (Å²) in [7, 11) is 1.67. The number of hydrogen-bond acceptors (Lipinski definition) is 6. The Morgan fingerprint density at radius 3 is 2.62 bits per heavy atom. The smallest absolute Gasteiger partial charge is 0.186 e. The van der Waals surface area contributed by atoms with Crippen molar-refractivity contribution < 1.29 is 9.18 Å². The molecule has 3 aromatic heterocycles. The Kier molecular flexibility index (Phi) is 5.93. The van der Waals surface area contributed by atoms with Crippen molar-refractivity contribution in [1.82, 2.24) is 24.7 Å². The SMILES string of the molecule is Cc1nccc(-c2cnn(C)c2C(=O)Cc2cc(CC(=N)c3ccccc3)ncc2F)n1. The number of nitrogens with zero attached hydrogens (tertiary/aromatic N) is 5. The molecule has 0 aliphatic heterocycles. The molecule has 160 valence electrons. The summed E-state index contributed by atoms with van der Waals surface area (Å²) in [4.78, 5) is 25.7. The summed E-state index contributed by atoms with van der Waals surface area (Å²) in [5.41, 5.74) is 3.40. The molecule has 0 radical (unpaired) electrons. The van der Waals surface area contributed by atoms with Gasteiger partial charge in [-0.1, -0.05) is 30.3 Å². The first-order valence-electron chi connectivity index (χ1n) is 10.0. The van der Waals surface area contributed by atoms with Crippen LogP contribution in [-0.4, -0.2) is 36.2 Å². The van der Waals surface area contributed by atoms with E-state index in [1.54, 1.807) is 38.5 Å². The molecule has 0 fully saturated rings.